The summed E-state index contributed by atoms with van der Waals surface area (Å²) in [5.41, 5.74) is 0.758. The van der Waals surface area contributed by atoms with Gasteiger partial charge in [0.2, 0.25) is 0 Å². The van der Waals surface area contributed by atoms with E-state index in [-0.39, 0.29) is 23.8 Å². The van der Waals surface area contributed by atoms with Crippen LogP contribution in [0.3, 0.4) is 0 Å². The predicted molar refractivity (Wildman–Crippen MR) is 68.4 cm³/mol. The van der Waals surface area contributed by atoms with Gasteiger partial charge in [0.05, 0.1) is 7.11 Å². The fraction of sp³-hybridized carbons (Fsp3) is 0.286. The van der Waals surface area contributed by atoms with Gasteiger partial charge >= 0.3 is 5.97 Å². The van der Waals surface area contributed by atoms with Crippen molar-refractivity contribution in [3.8, 4) is 0 Å². The zero-order chi connectivity index (χ0) is 13.8. The molecule has 1 aliphatic rings. The van der Waals surface area contributed by atoms with Crippen LogP contribution < -0.4 is 5.32 Å². The molecule has 0 aromatic heterocycles. The van der Waals surface area contributed by atoms with Crippen molar-refractivity contribution in [1.29, 1.82) is 0 Å². The van der Waals surface area contributed by atoms with E-state index < -0.39 is 11.9 Å². The summed E-state index contributed by atoms with van der Waals surface area (Å²) in [7, 11) is 1.17. The molecule has 2 rings (SSSR count). The zero-order valence-electron chi connectivity index (χ0n) is 10.6. The van der Waals surface area contributed by atoms with Crippen molar-refractivity contribution >= 4 is 11.9 Å². The van der Waals surface area contributed by atoms with Crippen molar-refractivity contribution in [3.63, 3.8) is 0 Å². The number of carbonyl (C=O) groups is 2. The van der Waals surface area contributed by atoms with E-state index in [1.807, 2.05) is 30.3 Å². The van der Waals surface area contributed by atoms with Crippen LogP contribution in [0.4, 0.5) is 0 Å². The van der Waals surface area contributed by atoms with Gasteiger partial charge in [0, 0.05) is 12.5 Å². The van der Waals surface area contributed by atoms with Crippen LogP contribution in [0.25, 0.3) is 0 Å². The van der Waals surface area contributed by atoms with E-state index in [1.54, 1.807) is 0 Å². The number of aliphatic hydroxyl groups excluding tert-OH is 1. The molecule has 1 aromatic carbocycles. The highest BCUT2D eigenvalue weighted by Crippen LogP contribution is 2.19. The summed E-state index contributed by atoms with van der Waals surface area (Å²) >= 11 is 0. The number of amides is 1. The maximum Gasteiger partial charge on any atom is 0.346 e. The Morgan fingerprint density at radius 1 is 1.42 bits per heavy atom. The average molecular weight is 261 g/mol. The van der Waals surface area contributed by atoms with Crippen LogP contribution >= 0.6 is 0 Å². The summed E-state index contributed by atoms with van der Waals surface area (Å²) in [5, 5.41) is 12.5. The normalized spacial score (nSPS) is 19.0. The molecule has 0 fully saturated rings. The molecule has 19 heavy (non-hydrogen) atoms. The predicted octanol–water partition coefficient (Wildman–Crippen LogP) is 1.10. The Balaban J connectivity index is 2.12. The minimum Gasteiger partial charge on any atom is -0.511 e. The molecule has 0 radical (unpaired) electrons. The number of hydrogen-bond acceptors (Lipinski definition) is 4. The molecule has 5 heteroatoms. The third-order valence-corrected chi connectivity index (χ3v) is 3.01. The van der Waals surface area contributed by atoms with Crippen molar-refractivity contribution in [3.05, 3.63) is 47.2 Å². The fourth-order valence-electron chi connectivity index (χ4n) is 2.11. The van der Waals surface area contributed by atoms with E-state index in [0.29, 0.717) is 6.42 Å². The molecule has 0 bridgehead atoms. The molecule has 100 valence electrons. The van der Waals surface area contributed by atoms with E-state index in [4.69, 9.17) is 0 Å². The van der Waals surface area contributed by atoms with Crippen molar-refractivity contribution < 1.29 is 19.4 Å². The van der Waals surface area contributed by atoms with Gasteiger partial charge in [-0.1, -0.05) is 30.3 Å². The number of benzene rings is 1. The largest absolute Gasteiger partial charge is 0.511 e. The molecule has 1 atom stereocenters. The molecule has 0 aliphatic carbocycles. The van der Waals surface area contributed by atoms with Crippen molar-refractivity contribution in [2.75, 3.05) is 7.11 Å². The van der Waals surface area contributed by atoms with Crippen LogP contribution in [-0.4, -0.2) is 30.1 Å². The third-order valence-electron chi connectivity index (χ3n) is 3.01. The summed E-state index contributed by atoms with van der Waals surface area (Å²) in [6, 6.07) is 9.41. The first kappa shape index (κ1) is 13.1. The van der Waals surface area contributed by atoms with Crippen molar-refractivity contribution in [2.24, 2.45) is 0 Å². The lowest BCUT2D eigenvalue weighted by molar-refractivity contribution is -0.138. The van der Waals surface area contributed by atoms with E-state index in [0.717, 1.165) is 5.56 Å². The number of nitrogens with one attached hydrogen (secondary N) is 1. The van der Waals surface area contributed by atoms with Crippen molar-refractivity contribution in [1.82, 2.24) is 5.32 Å². The van der Waals surface area contributed by atoms with Gasteiger partial charge in [-0.15, -0.1) is 0 Å². The summed E-state index contributed by atoms with van der Waals surface area (Å²) in [5.74, 6) is -1.61. The van der Waals surface area contributed by atoms with E-state index in [2.05, 4.69) is 10.1 Å². The molecule has 5 nitrogen and oxygen atoms in total. The van der Waals surface area contributed by atoms with Crippen LogP contribution in [-0.2, 0) is 20.7 Å². The molecular weight excluding hydrogens is 246 g/mol. The maximum atomic E-state index is 11.8. The van der Waals surface area contributed by atoms with Crippen LogP contribution in [0.15, 0.2) is 41.7 Å². The Bertz CT molecular complexity index is 522. The molecule has 1 heterocycles. The van der Waals surface area contributed by atoms with Crippen LogP contribution in [0.2, 0.25) is 0 Å². The third kappa shape index (κ3) is 2.93. The average Bonchev–Trinajstić information content (AvgIpc) is 2.38. The van der Waals surface area contributed by atoms with E-state index in [9.17, 15) is 14.7 Å². The number of esters is 1. The highest BCUT2D eigenvalue weighted by molar-refractivity contribution is 6.17. The van der Waals surface area contributed by atoms with Crippen molar-refractivity contribution in [2.45, 2.75) is 18.9 Å². The topological polar surface area (TPSA) is 75.6 Å². The number of carbonyl (C=O) groups excluding carboxylic acids is 2. The summed E-state index contributed by atoms with van der Waals surface area (Å²) in [4.78, 5) is 23.1. The molecule has 1 amide bonds. The fourth-order valence-corrected chi connectivity index (χ4v) is 2.11. The number of hydrogen-bond donors (Lipinski definition) is 2. The van der Waals surface area contributed by atoms with Gasteiger partial charge in [-0.25, -0.2) is 4.79 Å². The molecule has 0 saturated heterocycles. The minimum absolute atomic E-state index is 0.212. The first-order valence-corrected chi connectivity index (χ1v) is 5.97. The highest BCUT2D eigenvalue weighted by atomic mass is 16.5. The maximum absolute atomic E-state index is 11.8. The molecule has 0 unspecified atom stereocenters. The first-order chi connectivity index (χ1) is 9.11. The smallest absolute Gasteiger partial charge is 0.346 e. The van der Waals surface area contributed by atoms with Crippen LogP contribution in [0.5, 0.6) is 0 Å². The standard InChI is InChI=1S/C14H15NO4/c1-19-14(18)12-11(16)8-10(15-13(12)17)7-9-5-3-2-4-6-9/h2-6,10,16H,7-8H2,1H3,(H,15,17)/t10-/m0/s1. The Morgan fingerprint density at radius 2 is 2.11 bits per heavy atom. The second-order valence-corrected chi connectivity index (χ2v) is 4.38. The minimum atomic E-state index is -0.812. The number of methoxy groups -OCH3 is 1. The summed E-state index contributed by atoms with van der Waals surface area (Å²) in [6.45, 7) is 0. The van der Waals surface area contributed by atoms with Crippen LogP contribution in [0, 0.1) is 0 Å². The molecule has 0 spiro atoms. The number of aliphatic hydroxyl groups is 1. The van der Waals surface area contributed by atoms with Gasteiger partial charge in [0.15, 0.2) is 5.57 Å². The van der Waals surface area contributed by atoms with Gasteiger partial charge in [-0.05, 0) is 12.0 Å². The lowest BCUT2D eigenvalue weighted by atomic mass is 9.96. The Hall–Kier alpha value is -2.30. The molecular formula is C14H15NO4. The van der Waals surface area contributed by atoms with E-state index >= 15 is 0 Å². The quantitative estimate of drug-likeness (QED) is 0.631. The van der Waals surface area contributed by atoms with Gasteiger partial charge in [0.1, 0.15) is 5.76 Å². The Labute approximate surface area is 110 Å². The Morgan fingerprint density at radius 3 is 2.68 bits per heavy atom. The van der Waals surface area contributed by atoms with Gasteiger partial charge in [0.25, 0.3) is 5.91 Å². The molecule has 2 N–H and O–H groups in total. The Kier molecular flexibility index (Phi) is 3.85. The number of ether oxygens (including phenoxy) is 1. The highest BCUT2D eigenvalue weighted by Gasteiger charge is 2.32. The zero-order valence-corrected chi connectivity index (χ0v) is 10.6. The number of rotatable bonds is 3. The summed E-state index contributed by atoms with van der Waals surface area (Å²) in [6.07, 6.45) is 0.830. The van der Waals surface area contributed by atoms with E-state index in [1.165, 1.54) is 7.11 Å². The second kappa shape index (κ2) is 5.56. The van der Waals surface area contributed by atoms with Gasteiger partial charge < -0.3 is 15.2 Å². The van der Waals surface area contributed by atoms with Crippen LogP contribution in [0.1, 0.15) is 12.0 Å². The molecule has 1 aromatic rings. The van der Waals surface area contributed by atoms with Gasteiger partial charge in [-0.2, -0.15) is 0 Å². The lowest BCUT2D eigenvalue weighted by Crippen LogP contribution is -2.43. The van der Waals surface area contributed by atoms with Gasteiger partial charge in [-0.3, -0.25) is 4.79 Å². The SMILES string of the molecule is COC(=O)C1=C(O)C[C@H](Cc2ccccc2)NC1=O. The molecule has 1 aliphatic heterocycles. The molecule has 0 saturated carbocycles. The second-order valence-electron chi connectivity index (χ2n) is 4.38. The first-order valence-electron chi connectivity index (χ1n) is 5.97. The summed E-state index contributed by atoms with van der Waals surface area (Å²) < 4.78 is 4.47. The monoisotopic (exact) mass is 261 g/mol. The lowest BCUT2D eigenvalue weighted by Gasteiger charge is -2.24.